The summed E-state index contributed by atoms with van der Waals surface area (Å²) < 4.78 is 4.95. The Morgan fingerprint density at radius 2 is 2.62 bits per heavy atom. The van der Waals surface area contributed by atoms with Crippen molar-refractivity contribution in [2.75, 3.05) is 0 Å². The van der Waals surface area contributed by atoms with Gasteiger partial charge in [0.2, 0.25) is 0 Å². The van der Waals surface area contributed by atoms with Crippen molar-refractivity contribution in [2.24, 2.45) is 10.7 Å². The van der Waals surface area contributed by atoms with Crippen molar-refractivity contribution in [1.29, 1.82) is 0 Å². The van der Waals surface area contributed by atoms with Crippen LogP contribution < -0.4 is 5.73 Å². The molecule has 0 spiro atoms. The number of rotatable bonds is 0. The van der Waals surface area contributed by atoms with E-state index in [2.05, 4.69) is 4.99 Å². The summed E-state index contributed by atoms with van der Waals surface area (Å²) in [5.74, 6) is 0.433. The van der Waals surface area contributed by atoms with Crippen LogP contribution in [-0.4, -0.2) is 12.3 Å². The zero-order valence-corrected chi connectivity index (χ0v) is 4.66. The molecule has 44 valence electrons. The van der Waals surface area contributed by atoms with Crippen molar-refractivity contribution in [3.8, 4) is 0 Å². The molecule has 8 heavy (non-hydrogen) atoms. The summed E-state index contributed by atoms with van der Waals surface area (Å²) in [5.41, 5.74) is 5.24. The van der Waals surface area contributed by atoms with Crippen molar-refractivity contribution in [2.45, 2.75) is 13.0 Å². The molecule has 0 saturated carbocycles. The maximum atomic E-state index is 5.24. The molecule has 0 radical (unpaired) electrons. The standard InChI is InChI=1S/C5H8N2O/c1-4-2-7-5(6)3-8-4/h2-4H,6H2,1H3. The molecule has 1 rings (SSSR count). The van der Waals surface area contributed by atoms with Crippen molar-refractivity contribution in [3.63, 3.8) is 0 Å². The predicted octanol–water partition coefficient (Wildman–Crippen LogP) is 0.234. The Bertz CT molecular complexity index is 139. The number of nitrogens with two attached hydrogens (primary N) is 1. The van der Waals surface area contributed by atoms with Gasteiger partial charge in [-0.15, -0.1) is 0 Å². The third-order valence-electron chi connectivity index (χ3n) is 0.837. The number of hydrogen-bond donors (Lipinski definition) is 1. The molecule has 1 aliphatic rings. The lowest BCUT2D eigenvalue weighted by Crippen LogP contribution is -2.12. The van der Waals surface area contributed by atoms with Crippen LogP contribution in [0.15, 0.2) is 17.1 Å². The van der Waals surface area contributed by atoms with Crippen molar-refractivity contribution in [3.05, 3.63) is 12.1 Å². The van der Waals surface area contributed by atoms with E-state index in [4.69, 9.17) is 10.5 Å². The third kappa shape index (κ3) is 0.992. The molecule has 2 N–H and O–H groups in total. The quantitative estimate of drug-likeness (QED) is 0.487. The highest BCUT2D eigenvalue weighted by atomic mass is 16.5. The van der Waals surface area contributed by atoms with E-state index >= 15 is 0 Å². The molecule has 1 aliphatic heterocycles. The van der Waals surface area contributed by atoms with Gasteiger partial charge in [0.15, 0.2) is 5.82 Å². The number of hydrogen-bond acceptors (Lipinski definition) is 3. The number of nitrogens with zero attached hydrogens (tertiary/aromatic N) is 1. The van der Waals surface area contributed by atoms with E-state index in [1.54, 1.807) is 6.21 Å². The van der Waals surface area contributed by atoms with E-state index in [0.29, 0.717) is 5.82 Å². The largest absolute Gasteiger partial charge is 0.489 e. The van der Waals surface area contributed by atoms with Gasteiger partial charge >= 0.3 is 0 Å². The minimum atomic E-state index is 0.0716. The fourth-order valence-electron chi connectivity index (χ4n) is 0.434. The molecule has 0 amide bonds. The lowest BCUT2D eigenvalue weighted by Gasteiger charge is -2.09. The summed E-state index contributed by atoms with van der Waals surface area (Å²) >= 11 is 0. The summed E-state index contributed by atoms with van der Waals surface area (Å²) in [6.07, 6.45) is 3.18. The van der Waals surface area contributed by atoms with E-state index in [0.717, 1.165) is 0 Å². The summed E-state index contributed by atoms with van der Waals surface area (Å²) in [7, 11) is 0. The summed E-state index contributed by atoms with van der Waals surface area (Å²) in [6.45, 7) is 1.90. The Morgan fingerprint density at radius 1 is 1.88 bits per heavy atom. The van der Waals surface area contributed by atoms with Gasteiger partial charge < -0.3 is 10.5 Å². The molecular formula is C5H8N2O. The molecule has 0 bridgehead atoms. The Morgan fingerprint density at radius 3 is 3.00 bits per heavy atom. The summed E-state index contributed by atoms with van der Waals surface area (Å²) in [5, 5.41) is 0. The zero-order chi connectivity index (χ0) is 5.98. The monoisotopic (exact) mass is 112 g/mol. The second kappa shape index (κ2) is 1.86. The lowest BCUT2D eigenvalue weighted by atomic mass is 10.4. The van der Waals surface area contributed by atoms with E-state index in [9.17, 15) is 0 Å². The molecule has 0 aromatic carbocycles. The maximum Gasteiger partial charge on any atom is 0.158 e. The molecule has 1 heterocycles. The van der Waals surface area contributed by atoms with E-state index in [1.165, 1.54) is 6.26 Å². The topological polar surface area (TPSA) is 47.6 Å². The van der Waals surface area contributed by atoms with Crippen LogP contribution in [0.4, 0.5) is 0 Å². The second-order valence-electron chi connectivity index (χ2n) is 1.66. The highest BCUT2D eigenvalue weighted by molar-refractivity contribution is 5.64. The van der Waals surface area contributed by atoms with Gasteiger partial charge in [-0.2, -0.15) is 0 Å². The first-order valence-corrected chi connectivity index (χ1v) is 2.44. The second-order valence-corrected chi connectivity index (χ2v) is 1.66. The lowest BCUT2D eigenvalue weighted by molar-refractivity contribution is 0.216. The molecule has 0 aromatic rings. The van der Waals surface area contributed by atoms with E-state index in [1.807, 2.05) is 6.92 Å². The Kier molecular flexibility index (Phi) is 1.20. The first-order chi connectivity index (χ1) is 3.79. The Hall–Kier alpha value is -0.990. The summed E-state index contributed by atoms with van der Waals surface area (Å²) in [6, 6.07) is 0. The van der Waals surface area contributed by atoms with Crippen LogP contribution in [0.1, 0.15) is 6.92 Å². The zero-order valence-electron chi connectivity index (χ0n) is 4.66. The van der Waals surface area contributed by atoms with Crippen molar-refractivity contribution in [1.82, 2.24) is 0 Å². The highest BCUT2D eigenvalue weighted by Gasteiger charge is 1.99. The van der Waals surface area contributed by atoms with Crippen LogP contribution in [-0.2, 0) is 4.74 Å². The third-order valence-corrected chi connectivity index (χ3v) is 0.837. The van der Waals surface area contributed by atoms with E-state index in [-0.39, 0.29) is 6.10 Å². The number of ether oxygens (including phenoxy) is 1. The SMILES string of the molecule is CC1C=NC(N)=CO1. The number of aliphatic imine (C=N–C) groups is 1. The van der Waals surface area contributed by atoms with Crippen LogP contribution >= 0.6 is 0 Å². The van der Waals surface area contributed by atoms with Gasteiger partial charge in [0, 0.05) is 6.21 Å². The fraction of sp³-hybridized carbons (Fsp3) is 0.400. The van der Waals surface area contributed by atoms with Crippen molar-refractivity contribution < 1.29 is 4.74 Å². The van der Waals surface area contributed by atoms with Crippen LogP contribution in [0.25, 0.3) is 0 Å². The van der Waals surface area contributed by atoms with Crippen LogP contribution in [0.2, 0.25) is 0 Å². The Balaban J connectivity index is 2.58. The van der Waals surface area contributed by atoms with Gasteiger partial charge in [-0.3, -0.25) is 0 Å². The predicted molar refractivity (Wildman–Crippen MR) is 31.3 cm³/mol. The molecular weight excluding hydrogens is 104 g/mol. The molecule has 3 heteroatoms. The van der Waals surface area contributed by atoms with Gasteiger partial charge in [0.1, 0.15) is 12.4 Å². The molecule has 3 nitrogen and oxygen atoms in total. The van der Waals surface area contributed by atoms with Gasteiger partial charge in [-0.1, -0.05) is 0 Å². The molecule has 1 unspecified atom stereocenters. The average molecular weight is 112 g/mol. The normalized spacial score (nSPS) is 26.6. The fourth-order valence-corrected chi connectivity index (χ4v) is 0.434. The molecule has 0 saturated heterocycles. The minimum Gasteiger partial charge on any atom is -0.489 e. The smallest absolute Gasteiger partial charge is 0.158 e. The van der Waals surface area contributed by atoms with Crippen LogP contribution in [0, 0.1) is 0 Å². The van der Waals surface area contributed by atoms with Crippen LogP contribution in [0.5, 0.6) is 0 Å². The highest BCUT2D eigenvalue weighted by Crippen LogP contribution is 1.98. The maximum absolute atomic E-state index is 5.24. The van der Waals surface area contributed by atoms with Crippen LogP contribution in [0.3, 0.4) is 0 Å². The Labute approximate surface area is 47.9 Å². The first-order valence-electron chi connectivity index (χ1n) is 2.44. The van der Waals surface area contributed by atoms with Gasteiger partial charge in [0.25, 0.3) is 0 Å². The molecule has 0 fully saturated rings. The first kappa shape index (κ1) is 5.15. The van der Waals surface area contributed by atoms with Gasteiger partial charge in [-0.25, -0.2) is 4.99 Å². The molecule has 0 aromatic heterocycles. The van der Waals surface area contributed by atoms with Crippen molar-refractivity contribution >= 4 is 6.21 Å². The summed E-state index contributed by atoms with van der Waals surface area (Å²) in [4.78, 5) is 3.80. The van der Waals surface area contributed by atoms with E-state index < -0.39 is 0 Å². The molecule has 0 aliphatic carbocycles. The average Bonchev–Trinajstić information content (AvgIpc) is 1.77. The van der Waals surface area contributed by atoms with Gasteiger partial charge in [0.05, 0.1) is 0 Å². The minimum absolute atomic E-state index is 0.0716. The molecule has 1 atom stereocenters. The van der Waals surface area contributed by atoms with Gasteiger partial charge in [-0.05, 0) is 6.92 Å².